The zero-order valence-corrected chi connectivity index (χ0v) is 7.03. The fraction of sp³-hybridized carbons (Fsp3) is 0.667. The highest BCUT2D eigenvalue weighted by atomic mass is 16.7. The molecule has 0 heterocycles. The number of allylic oxidation sites excluding steroid dienone is 1. The Morgan fingerprint density at radius 2 is 2.42 bits per heavy atom. The molecule has 1 N–H and O–H groups in total. The Balaban J connectivity index is 2.25. The topological polar surface area (TPSA) is 46.5 Å². The number of hydrogen-bond donors (Lipinski definition) is 1. The number of ether oxygens (including phenoxy) is 1. The second-order valence-electron chi connectivity index (χ2n) is 3.05. The Morgan fingerprint density at radius 1 is 1.58 bits per heavy atom. The molecule has 68 valence electrons. The second-order valence-corrected chi connectivity index (χ2v) is 3.05. The minimum absolute atomic E-state index is 0.295. The molecule has 1 aliphatic rings. The maximum absolute atomic E-state index is 10.1. The van der Waals surface area contributed by atoms with Crippen molar-refractivity contribution in [3.8, 4) is 0 Å². The predicted molar refractivity (Wildman–Crippen MR) is 45.1 cm³/mol. The van der Waals surface area contributed by atoms with Crippen molar-refractivity contribution < 1.29 is 14.6 Å². The van der Waals surface area contributed by atoms with Crippen LogP contribution in [-0.4, -0.2) is 17.9 Å². The lowest BCUT2D eigenvalue weighted by atomic mass is 10.1. The molecule has 0 fully saturated rings. The average Bonchev–Trinajstić information content (AvgIpc) is 2.28. The van der Waals surface area contributed by atoms with Gasteiger partial charge in [-0.1, -0.05) is 18.6 Å². The predicted octanol–water partition coefficient (Wildman–Crippen LogP) is 2.43. The summed E-state index contributed by atoms with van der Waals surface area (Å²) in [6, 6.07) is 0. The third-order valence-electron chi connectivity index (χ3n) is 2.02. The van der Waals surface area contributed by atoms with E-state index in [4.69, 9.17) is 5.11 Å². The van der Waals surface area contributed by atoms with Gasteiger partial charge >= 0.3 is 6.16 Å². The lowest BCUT2D eigenvalue weighted by Crippen LogP contribution is -2.10. The number of hydrogen-bond acceptors (Lipinski definition) is 2. The van der Waals surface area contributed by atoms with E-state index in [0.29, 0.717) is 12.5 Å². The Labute approximate surface area is 72.0 Å². The van der Waals surface area contributed by atoms with Crippen molar-refractivity contribution in [2.24, 2.45) is 5.92 Å². The lowest BCUT2D eigenvalue weighted by Gasteiger charge is -2.08. The molecule has 0 saturated carbocycles. The monoisotopic (exact) mass is 170 g/mol. The molecule has 1 rings (SSSR count). The molecule has 0 saturated heterocycles. The van der Waals surface area contributed by atoms with E-state index in [-0.39, 0.29) is 0 Å². The van der Waals surface area contributed by atoms with Gasteiger partial charge in [-0.15, -0.1) is 0 Å². The molecule has 0 aromatic carbocycles. The van der Waals surface area contributed by atoms with E-state index in [0.717, 1.165) is 12.8 Å². The van der Waals surface area contributed by atoms with Crippen LogP contribution >= 0.6 is 0 Å². The van der Waals surface area contributed by atoms with Crippen molar-refractivity contribution in [1.82, 2.24) is 0 Å². The van der Waals surface area contributed by atoms with E-state index in [9.17, 15) is 4.79 Å². The Bertz CT molecular complexity index is 175. The van der Waals surface area contributed by atoms with Crippen LogP contribution < -0.4 is 0 Å². The highest BCUT2D eigenvalue weighted by Gasteiger charge is 2.09. The van der Waals surface area contributed by atoms with Gasteiger partial charge in [0.15, 0.2) is 0 Å². The summed E-state index contributed by atoms with van der Waals surface area (Å²) in [5.74, 6) is 0.295. The van der Waals surface area contributed by atoms with Crippen molar-refractivity contribution in [1.29, 1.82) is 0 Å². The quantitative estimate of drug-likeness (QED) is 0.511. The van der Waals surface area contributed by atoms with Crippen LogP contribution in [0.3, 0.4) is 0 Å². The van der Waals surface area contributed by atoms with E-state index < -0.39 is 6.16 Å². The van der Waals surface area contributed by atoms with Gasteiger partial charge in [-0.25, -0.2) is 4.79 Å². The average molecular weight is 170 g/mol. The minimum Gasteiger partial charge on any atom is -0.450 e. The van der Waals surface area contributed by atoms with Crippen molar-refractivity contribution in [3.63, 3.8) is 0 Å². The number of rotatable bonds is 2. The van der Waals surface area contributed by atoms with Crippen LogP contribution in [0, 0.1) is 5.92 Å². The fourth-order valence-corrected chi connectivity index (χ4v) is 1.37. The summed E-state index contributed by atoms with van der Waals surface area (Å²) in [4.78, 5) is 10.1. The van der Waals surface area contributed by atoms with E-state index in [1.54, 1.807) is 0 Å². The summed E-state index contributed by atoms with van der Waals surface area (Å²) in [6.45, 7) is 0.311. The molecule has 12 heavy (non-hydrogen) atoms. The molecule has 0 aliphatic heterocycles. The minimum atomic E-state index is -1.17. The molecule has 0 aromatic heterocycles. The van der Waals surface area contributed by atoms with Crippen molar-refractivity contribution >= 4 is 6.16 Å². The molecule has 0 radical (unpaired) electrons. The van der Waals surface area contributed by atoms with Gasteiger partial charge in [-0.3, -0.25) is 0 Å². The van der Waals surface area contributed by atoms with Gasteiger partial charge in [-0.2, -0.15) is 0 Å². The third-order valence-corrected chi connectivity index (χ3v) is 2.02. The van der Waals surface area contributed by atoms with Gasteiger partial charge in [0.25, 0.3) is 0 Å². The molecule has 1 unspecified atom stereocenters. The van der Waals surface area contributed by atoms with Gasteiger partial charge in [0.1, 0.15) is 6.61 Å². The summed E-state index contributed by atoms with van der Waals surface area (Å²) in [5.41, 5.74) is 0. The smallest absolute Gasteiger partial charge is 0.450 e. The summed E-state index contributed by atoms with van der Waals surface area (Å²) >= 11 is 0. The largest absolute Gasteiger partial charge is 0.505 e. The van der Waals surface area contributed by atoms with Crippen LogP contribution in [0.2, 0.25) is 0 Å². The highest BCUT2D eigenvalue weighted by Crippen LogP contribution is 2.16. The van der Waals surface area contributed by atoms with Crippen LogP contribution in [0.25, 0.3) is 0 Å². The molecular weight excluding hydrogens is 156 g/mol. The van der Waals surface area contributed by atoms with Crippen LogP contribution in [0.4, 0.5) is 4.79 Å². The standard InChI is InChI=1S/C9H14O3/c10-9(11)12-7-8-5-3-1-2-4-6-8/h3,5,8H,1-2,4,6-7H2,(H,10,11). The van der Waals surface area contributed by atoms with Gasteiger partial charge in [0.05, 0.1) is 0 Å². The first-order valence-electron chi connectivity index (χ1n) is 4.31. The van der Waals surface area contributed by atoms with E-state index in [2.05, 4.69) is 16.9 Å². The van der Waals surface area contributed by atoms with E-state index in [1.807, 2.05) is 0 Å². The third kappa shape index (κ3) is 3.42. The lowest BCUT2D eigenvalue weighted by molar-refractivity contribution is 0.0816. The molecule has 0 spiro atoms. The molecule has 3 heteroatoms. The van der Waals surface area contributed by atoms with E-state index in [1.165, 1.54) is 12.8 Å². The van der Waals surface area contributed by atoms with Gasteiger partial charge < -0.3 is 9.84 Å². The maximum Gasteiger partial charge on any atom is 0.505 e. The fourth-order valence-electron chi connectivity index (χ4n) is 1.37. The zero-order chi connectivity index (χ0) is 8.81. The van der Waals surface area contributed by atoms with Gasteiger partial charge in [0, 0.05) is 5.92 Å². The number of carboxylic acid groups (broad SMARTS) is 1. The zero-order valence-electron chi connectivity index (χ0n) is 7.03. The molecule has 3 nitrogen and oxygen atoms in total. The van der Waals surface area contributed by atoms with Crippen LogP contribution in [0.1, 0.15) is 25.7 Å². The summed E-state index contributed by atoms with van der Waals surface area (Å²) < 4.78 is 4.50. The van der Waals surface area contributed by atoms with Crippen LogP contribution in [-0.2, 0) is 4.74 Å². The highest BCUT2D eigenvalue weighted by molar-refractivity contribution is 5.56. The normalized spacial score (nSPS) is 23.2. The summed E-state index contributed by atoms with van der Waals surface area (Å²) in [6.07, 6.45) is 7.54. The number of carbonyl (C=O) groups is 1. The van der Waals surface area contributed by atoms with Crippen LogP contribution in [0.5, 0.6) is 0 Å². The molecular formula is C9H14O3. The maximum atomic E-state index is 10.1. The van der Waals surface area contributed by atoms with E-state index >= 15 is 0 Å². The van der Waals surface area contributed by atoms with Crippen LogP contribution in [0.15, 0.2) is 12.2 Å². The first-order chi connectivity index (χ1) is 5.79. The molecule has 0 amide bonds. The summed E-state index contributed by atoms with van der Waals surface area (Å²) in [7, 11) is 0. The van der Waals surface area contributed by atoms with Gasteiger partial charge in [0.2, 0.25) is 0 Å². The first-order valence-corrected chi connectivity index (χ1v) is 4.31. The molecule has 0 aromatic rings. The van der Waals surface area contributed by atoms with Crippen molar-refractivity contribution in [2.45, 2.75) is 25.7 Å². The van der Waals surface area contributed by atoms with Crippen molar-refractivity contribution in [2.75, 3.05) is 6.61 Å². The summed E-state index contributed by atoms with van der Waals surface area (Å²) in [5, 5.41) is 8.27. The Morgan fingerprint density at radius 3 is 3.17 bits per heavy atom. The Hall–Kier alpha value is -0.990. The first kappa shape index (κ1) is 9.10. The second kappa shape index (κ2) is 4.80. The van der Waals surface area contributed by atoms with Gasteiger partial charge in [-0.05, 0) is 19.3 Å². The Kier molecular flexibility index (Phi) is 3.64. The molecule has 1 atom stereocenters. The molecule has 0 bridgehead atoms. The molecule has 1 aliphatic carbocycles. The SMILES string of the molecule is O=C(O)OCC1C=CCCCC1. The van der Waals surface area contributed by atoms with Crippen molar-refractivity contribution in [3.05, 3.63) is 12.2 Å².